The average Bonchev–Trinajstić information content (AvgIpc) is 2.93. The number of carbonyl (C=O) groups excluding carboxylic acids is 1. The minimum Gasteiger partial charge on any atom is -0.448 e. The van der Waals surface area contributed by atoms with E-state index in [9.17, 15) is 4.79 Å². The Bertz CT molecular complexity index is 252. The SMILES string of the molecule is CC=NC(=O)OCC1CCC2OC2C1. The number of rotatable bonds is 2. The second-order valence-electron chi connectivity index (χ2n) is 3.86. The van der Waals surface area contributed by atoms with Crippen LogP contribution in [-0.4, -0.2) is 31.1 Å². The summed E-state index contributed by atoms with van der Waals surface area (Å²) in [5, 5.41) is 0. The van der Waals surface area contributed by atoms with E-state index < -0.39 is 6.09 Å². The van der Waals surface area contributed by atoms with Crippen LogP contribution >= 0.6 is 0 Å². The minimum atomic E-state index is -0.480. The van der Waals surface area contributed by atoms with Crippen molar-refractivity contribution in [3.8, 4) is 0 Å². The molecule has 0 aromatic carbocycles. The van der Waals surface area contributed by atoms with Crippen LogP contribution in [0.1, 0.15) is 26.2 Å². The molecule has 0 radical (unpaired) electrons. The highest BCUT2D eigenvalue weighted by Gasteiger charge is 2.43. The summed E-state index contributed by atoms with van der Waals surface area (Å²) in [6, 6.07) is 0. The van der Waals surface area contributed by atoms with Gasteiger partial charge in [0.25, 0.3) is 0 Å². The summed E-state index contributed by atoms with van der Waals surface area (Å²) >= 11 is 0. The molecule has 78 valence electrons. The zero-order valence-electron chi connectivity index (χ0n) is 8.31. The lowest BCUT2D eigenvalue weighted by Crippen LogP contribution is -2.19. The van der Waals surface area contributed by atoms with Crippen molar-refractivity contribution >= 4 is 12.3 Å². The molecule has 1 aliphatic carbocycles. The normalized spacial score (nSPS) is 35.4. The second-order valence-corrected chi connectivity index (χ2v) is 3.86. The Kier molecular flexibility index (Phi) is 2.82. The van der Waals surface area contributed by atoms with Crippen LogP contribution in [0.2, 0.25) is 0 Å². The molecule has 2 rings (SSSR count). The van der Waals surface area contributed by atoms with Gasteiger partial charge in [0.1, 0.15) is 0 Å². The lowest BCUT2D eigenvalue weighted by Gasteiger charge is -2.17. The van der Waals surface area contributed by atoms with E-state index in [1.54, 1.807) is 6.92 Å². The van der Waals surface area contributed by atoms with Crippen molar-refractivity contribution in [2.24, 2.45) is 10.9 Å². The molecule has 1 heterocycles. The highest BCUT2D eigenvalue weighted by atomic mass is 16.6. The highest BCUT2D eigenvalue weighted by molar-refractivity contribution is 5.78. The molecule has 4 nitrogen and oxygen atoms in total. The number of hydrogen-bond acceptors (Lipinski definition) is 3. The van der Waals surface area contributed by atoms with Gasteiger partial charge in [0, 0.05) is 6.21 Å². The molecular weight excluding hydrogens is 182 g/mol. The van der Waals surface area contributed by atoms with E-state index in [1.807, 2.05) is 0 Å². The summed E-state index contributed by atoms with van der Waals surface area (Å²) in [6.45, 7) is 2.19. The van der Waals surface area contributed by atoms with Crippen molar-refractivity contribution in [2.75, 3.05) is 6.61 Å². The molecule has 1 aliphatic heterocycles. The van der Waals surface area contributed by atoms with Crippen molar-refractivity contribution in [3.63, 3.8) is 0 Å². The fourth-order valence-electron chi connectivity index (χ4n) is 1.97. The third kappa shape index (κ3) is 2.32. The summed E-state index contributed by atoms with van der Waals surface area (Å²) in [7, 11) is 0. The number of hydrogen-bond donors (Lipinski definition) is 0. The number of aliphatic imine (C=N–C) groups is 1. The fourth-order valence-corrected chi connectivity index (χ4v) is 1.97. The Morgan fingerprint density at radius 2 is 2.43 bits per heavy atom. The van der Waals surface area contributed by atoms with Crippen LogP contribution in [0.25, 0.3) is 0 Å². The van der Waals surface area contributed by atoms with Gasteiger partial charge in [-0.15, -0.1) is 0 Å². The number of carbonyl (C=O) groups is 1. The molecule has 3 unspecified atom stereocenters. The summed E-state index contributed by atoms with van der Waals surface area (Å²) in [5.74, 6) is 0.467. The zero-order valence-corrected chi connectivity index (χ0v) is 8.31. The molecule has 3 atom stereocenters. The van der Waals surface area contributed by atoms with Gasteiger partial charge in [-0.2, -0.15) is 4.99 Å². The third-order valence-electron chi connectivity index (χ3n) is 2.79. The summed E-state index contributed by atoms with van der Waals surface area (Å²) in [6.07, 6.45) is 5.18. The fraction of sp³-hybridized carbons (Fsp3) is 0.800. The predicted molar refractivity (Wildman–Crippen MR) is 51.5 cm³/mol. The third-order valence-corrected chi connectivity index (χ3v) is 2.79. The highest BCUT2D eigenvalue weighted by Crippen LogP contribution is 2.39. The van der Waals surface area contributed by atoms with E-state index in [0.717, 1.165) is 19.3 Å². The van der Waals surface area contributed by atoms with Crippen molar-refractivity contribution in [1.82, 2.24) is 0 Å². The topological polar surface area (TPSA) is 51.2 Å². The van der Waals surface area contributed by atoms with Crippen molar-refractivity contribution in [3.05, 3.63) is 0 Å². The minimum absolute atomic E-state index is 0.446. The lowest BCUT2D eigenvalue weighted by atomic mass is 9.90. The lowest BCUT2D eigenvalue weighted by molar-refractivity contribution is 0.127. The molecule has 0 spiro atoms. The Labute approximate surface area is 83.3 Å². The maximum Gasteiger partial charge on any atom is 0.433 e. The molecule has 14 heavy (non-hydrogen) atoms. The first-order valence-electron chi connectivity index (χ1n) is 5.10. The molecule has 0 bridgehead atoms. The molecule has 0 N–H and O–H groups in total. The van der Waals surface area contributed by atoms with Crippen LogP contribution in [0.5, 0.6) is 0 Å². The number of epoxide rings is 1. The van der Waals surface area contributed by atoms with Gasteiger partial charge in [0.15, 0.2) is 0 Å². The van der Waals surface area contributed by atoms with Crippen LogP contribution in [0.15, 0.2) is 4.99 Å². The Balaban J connectivity index is 1.67. The van der Waals surface area contributed by atoms with E-state index in [4.69, 9.17) is 9.47 Å². The smallest absolute Gasteiger partial charge is 0.433 e. The molecule has 1 amide bonds. The number of ether oxygens (including phenoxy) is 2. The van der Waals surface area contributed by atoms with E-state index in [1.165, 1.54) is 6.21 Å². The van der Waals surface area contributed by atoms with Gasteiger partial charge in [-0.25, -0.2) is 4.79 Å². The molecule has 0 aromatic heterocycles. The van der Waals surface area contributed by atoms with Crippen molar-refractivity contribution in [2.45, 2.75) is 38.4 Å². The first-order chi connectivity index (χ1) is 6.79. The molecular formula is C10H15NO3. The van der Waals surface area contributed by atoms with Crippen LogP contribution < -0.4 is 0 Å². The molecule has 1 saturated carbocycles. The summed E-state index contributed by atoms with van der Waals surface area (Å²) in [4.78, 5) is 14.4. The van der Waals surface area contributed by atoms with Gasteiger partial charge in [-0.05, 0) is 32.1 Å². The Hall–Kier alpha value is -0.900. The number of nitrogens with zero attached hydrogens (tertiary/aromatic N) is 1. The molecule has 0 aromatic rings. The molecule has 1 saturated heterocycles. The van der Waals surface area contributed by atoms with Gasteiger partial charge < -0.3 is 9.47 Å². The molecule has 2 aliphatic rings. The number of amides is 1. The van der Waals surface area contributed by atoms with E-state index in [-0.39, 0.29) is 0 Å². The van der Waals surface area contributed by atoms with Crippen LogP contribution in [0.4, 0.5) is 4.79 Å². The van der Waals surface area contributed by atoms with Gasteiger partial charge in [0.2, 0.25) is 0 Å². The van der Waals surface area contributed by atoms with Gasteiger partial charge in [-0.3, -0.25) is 0 Å². The monoisotopic (exact) mass is 197 g/mol. The zero-order chi connectivity index (χ0) is 9.97. The van der Waals surface area contributed by atoms with E-state index in [2.05, 4.69) is 4.99 Å². The average molecular weight is 197 g/mol. The largest absolute Gasteiger partial charge is 0.448 e. The van der Waals surface area contributed by atoms with Gasteiger partial charge >= 0.3 is 6.09 Å². The van der Waals surface area contributed by atoms with E-state index >= 15 is 0 Å². The second kappa shape index (κ2) is 4.09. The van der Waals surface area contributed by atoms with Crippen LogP contribution in [0.3, 0.4) is 0 Å². The maximum atomic E-state index is 10.9. The van der Waals surface area contributed by atoms with Crippen molar-refractivity contribution < 1.29 is 14.3 Å². The number of fused-ring (bicyclic) bond motifs is 1. The summed E-state index contributed by atoms with van der Waals surface area (Å²) < 4.78 is 10.4. The molecule has 2 fully saturated rings. The summed E-state index contributed by atoms with van der Waals surface area (Å²) in [5.41, 5.74) is 0. The van der Waals surface area contributed by atoms with Gasteiger partial charge in [0.05, 0.1) is 18.8 Å². The maximum absolute atomic E-state index is 10.9. The predicted octanol–water partition coefficient (Wildman–Crippen LogP) is 1.78. The van der Waals surface area contributed by atoms with Crippen LogP contribution in [-0.2, 0) is 9.47 Å². The Morgan fingerprint density at radius 1 is 1.57 bits per heavy atom. The van der Waals surface area contributed by atoms with E-state index in [0.29, 0.717) is 24.7 Å². The first-order valence-corrected chi connectivity index (χ1v) is 5.10. The standard InChI is InChI=1S/C10H15NO3/c1-2-11-10(12)13-6-7-3-4-8-9(5-7)14-8/h2,7-9H,3-6H2,1H3. The van der Waals surface area contributed by atoms with Crippen molar-refractivity contribution in [1.29, 1.82) is 0 Å². The van der Waals surface area contributed by atoms with Gasteiger partial charge in [-0.1, -0.05) is 0 Å². The quantitative estimate of drug-likeness (QED) is 0.501. The van der Waals surface area contributed by atoms with Crippen LogP contribution in [0, 0.1) is 5.92 Å². The molecule has 4 heteroatoms. The Morgan fingerprint density at radius 3 is 3.14 bits per heavy atom. The first kappa shape index (κ1) is 9.65.